The van der Waals surface area contributed by atoms with Crippen LogP contribution in [0.3, 0.4) is 0 Å². The van der Waals surface area contributed by atoms with E-state index in [0.29, 0.717) is 16.9 Å². The van der Waals surface area contributed by atoms with Gasteiger partial charge in [0.1, 0.15) is 0 Å². The van der Waals surface area contributed by atoms with Gasteiger partial charge in [-0.25, -0.2) is 13.1 Å². The van der Waals surface area contributed by atoms with Gasteiger partial charge in [-0.2, -0.15) is 0 Å². The minimum atomic E-state index is -3.52. The lowest BCUT2D eigenvalue weighted by Crippen LogP contribution is -2.29. The van der Waals surface area contributed by atoms with Gasteiger partial charge < -0.3 is 0 Å². The van der Waals surface area contributed by atoms with E-state index >= 15 is 0 Å². The molecule has 0 aliphatic carbocycles. The van der Waals surface area contributed by atoms with E-state index in [9.17, 15) is 8.42 Å². The summed E-state index contributed by atoms with van der Waals surface area (Å²) in [5.74, 6) is 0.510. The Labute approximate surface area is 130 Å². The van der Waals surface area contributed by atoms with E-state index in [-0.39, 0.29) is 10.8 Å². The van der Waals surface area contributed by atoms with Crippen LogP contribution in [0.2, 0.25) is 0 Å². The van der Waals surface area contributed by atoms with Crippen molar-refractivity contribution < 1.29 is 8.42 Å². The van der Waals surface area contributed by atoms with Crippen molar-refractivity contribution in [2.45, 2.75) is 18.7 Å². The van der Waals surface area contributed by atoms with Crippen LogP contribution in [0.5, 0.6) is 0 Å². The third-order valence-corrected chi connectivity index (χ3v) is 6.15. The summed E-state index contributed by atoms with van der Waals surface area (Å²) in [6, 6.07) is 3.36. The summed E-state index contributed by atoms with van der Waals surface area (Å²) in [7, 11) is -3.52. The molecule has 0 bridgehead atoms. The van der Waals surface area contributed by atoms with Crippen molar-refractivity contribution in [3.8, 4) is 0 Å². The summed E-state index contributed by atoms with van der Waals surface area (Å²) in [6.45, 7) is 4.10. The van der Waals surface area contributed by atoms with Crippen LogP contribution in [-0.2, 0) is 10.0 Å². The lowest BCUT2D eigenvalue weighted by atomic mass is 10.2. The van der Waals surface area contributed by atoms with E-state index in [4.69, 9.17) is 11.6 Å². The Balaban J connectivity index is 3.02. The number of rotatable bonds is 5. The Morgan fingerprint density at radius 1 is 1.33 bits per heavy atom. The van der Waals surface area contributed by atoms with E-state index in [1.807, 2.05) is 13.8 Å². The summed E-state index contributed by atoms with van der Waals surface area (Å²) in [4.78, 5) is 0.224. The van der Waals surface area contributed by atoms with Crippen molar-refractivity contribution in [3.05, 3.63) is 26.6 Å². The molecule has 0 radical (unpaired) electrons. The van der Waals surface area contributed by atoms with Crippen LogP contribution in [0.15, 0.2) is 26.0 Å². The van der Waals surface area contributed by atoms with Crippen LogP contribution < -0.4 is 4.72 Å². The molecular weight excluding hydrogens is 405 g/mol. The van der Waals surface area contributed by atoms with Crippen LogP contribution in [0.4, 0.5) is 0 Å². The van der Waals surface area contributed by atoms with E-state index < -0.39 is 10.0 Å². The van der Waals surface area contributed by atoms with Gasteiger partial charge in [-0.3, -0.25) is 0 Å². The fourth-order valence-corrected chi connectivity index (χ4v) is 4.17. The number of aryl methyl sites for hydroxylation is 1. The number of hydrogen-bond acceptors (Lipinski definition) is 2. The number of alkyl halides is 1. The summed E-state index contributed by atoms with van der Waals surface area (Å²) in [5.41, 5.74) is 0.968. The molecule has 7 heteroatoms. The Morgan fingerprint density at radius 3 is 2.50 bits per heavy atom. The molecule has 0 amide bonds. The molecule has 0 spiro atoms. The molecule has 1 aromatic carbocycles. The van der Waals surface area contributed by atoms with Gasteiger partial charge >= 0.3 is 0 Å². The van der Waals surface area contributed by atoms with Gasteiger partial charge in [0, 0.05) is 21.4 Å². The maximum absolute atomic E-state index is 12.1. The summed E-state index contributed by atoms with van der Waals surface area (Å²) < 4.78 is 28.1. The first-order valence-corrected chi connectivity index (χ1v) is 8.89. The fraction of sp³-hybridized carbons (Fsp3) is 0.455. The zero-order valence-corrected chi connectivity index (χ0v) is 14.7. The van der Waals surface area contributed by atoms with Crippen molar-refractivity contribution in [3.63, 3.8) is 0 Å². The van der Waals surface area contributed by atoms with Crippen molar-refractivity contribution in [1.29, 1.82) is 0 Å². The number of sulfonamides is 1. The Bertz CT molecular complexity index is 534. The minimum Gasteiger partial charge on any atom is -0.211 e. The van der Waals surface area contributed by atoms with Crippen LogP contribution in [0.25, 0.3) is 0 Å². The summed E-state index contributed by atoms with van der Waals surface area (Å²) in [6.07, 6.45) is 0. The molecule has 0 aromatic heterocycles. The second-order valence-electron chi connectivity index (χ2n) is 4.14. The second kappa shape index (κ2) is 6.70. The number of nitrogens with one attached hydrogen (secondary N) is 1. The molecule has 0 fully saturated rings. The lowest BCUT2D eigenvalue weighted by Gasteiger charge is -2.12. The van der Waals surface area contributed by atoms with Crippen molar-refractivity contribution in [1.82, 2.24) is 4.72 Å². The number of hydrogen-bond donors (Lipinski definition) is 1. The average molecular weight is 420 g/mol. The molecule has 0 saturated carbocycles. The molecule has 102 valence electrons. The third kappa shape index (κ3) is 4.20. The zero-order chi connectivity index (χ0) is 13.9. The minimum absolute atomic E-state index is 0.0918. The standard InChI is InChI=1S/C11H14Br2ClNO2S/c1-7(5-14)6-15-18(16,17)11-4-9(12)8(2)3-10(11)13/h3-4,7,15H,5-6H2,1-2H3. The maximum atomic E-state index is 12.1. The monoisotopic (exact) mass is 417 g/mol. The van der Waals surface area contributed by atoms with Gasteiger partial charge in [0.25, 0.3) is 0 Å². The highest BCUT2D eigenvalue weighted by Crippen LogP contribution is 2.28. The highest BCUT2D eigenvalue weighted by atomic mass is 79.9. The second-order valence-corrected chi connectivity index (χ2v) is 7.90. The topological polar surface area (TPSA) is 46.2 Å². The number of benzene rings is 1. The normalized spacial score (nSPS) is 13.6. The Hall–Kier alpha value is 0.380. The highest BCUT2D eigenvalue weighted by Gasteiger charge is 2.19. The van der Waals surface area contributed by atoms with Gasteiger partial charge in [0.05, 0.1) is 4.90 Å². The van der Waals surface area contributed by atoms with Gasteiger partial charge in [-0.05, 0) is 46.5 Å². The summed E-state index contributed by atoms with van der Waals surface area (Å²) in [5, 5.41) is 0. The van der Waals surface area contributed by atoms with Crippen molar-refractivity contribution >= 4 is 53.5 Å². The Kier molecular flexibility index (Phi) is 6.12. The van der Waals surface area contributed by atoms with Gasteiger partial charge in [-0.15, -0.1) is 11.6 Å². The van der Waals surface area contributed by atoms with Crippen LogP contribution in [-0.4, -0.2) is 20.8 Å². The molecule has 0 aliphatic heterocycles. The molecule has 18 heavy (non-hydrogen) atoms. The molecular formula is C11H14Br2ClNO2S. The number of halogens is 3. The molecule has 1 atom stereocenters. The van der Waals surface area contributed by atoms with Crippen molar-refractivity contribution in [2.24, 2.45) is 5.92 Å². The van der Waals surface area contributed by atoms with Gasteiger partial charge in [0.2, 0.25) is 10.0 Å². The molecule has 1 aromatic rings. The molecule has 1 unspecified atom stereocenters. The third-order valence-electron chi connectivity index (χ3n) is 2.39. The van der Waals surface area contributed by atoms with Gasteiger partial charge in [0.15, 0.2) is 0 Å². The zero-order valence-electron chi connectivity index (χ0n) is 10.0. The Morgan fingerprint density at radius 2 is 1.94 bits per heavy atom. The molecule has 0 saturated heterocycles. The first-order chi connectivity index (χ1) is 8.27. The van der Waals surface area contributed by atoms with Crippen LogP contribution in [0, 0.1) is 12.8 Å². The first-order valence-electron chi connectivity index (χ1n) is 5.29. The SMILES string of the molecule is Cc1cc(Br)c(S(=O)(=O)NCC(C)CCl)cc1Br. The van der Waals surface area contributed by atoms with Crippen LogP contribution in [0.1, 0.15) is 12.5 Å². The quantitative estimate of drug-likeness (QED) is 0.740. The maximum Gasteiger partial charge on any atom is 0.241 e. The molecule has 3 nitrogen and oxygen atoms in total. The summed E-state index contributed by atoms with van der Waals surface area (Å²) >= 11 is 12.3. The van der Waals surface area contributed by atoms with E-state index in [1.165, 1.54) is 0 Å². The lowest BCUT2D eigenvalue weighted by molar-refractivity contribution is 0.561. The largest absolute Gasteiger partial charge is 0.241 e. The fourth-order valence-electron chi connectivity index (χ4n) is 1.22. The van der Waals surface area contributed by atoms with Crippen LogP contribution >= 0.6 is 43.5 Å². The molecule has 0 aliphatic rings. The molecule has 1 rings (SSSR count). The van der Waals surface area contributed by atoms with Gasteiger partial charge in [-0.1, -0.05) is 22.9 Å². The predicted octanol–water partition coefficient (Wildman–Crippen LogP) is 3.67. The predicted molar refractivity (Wildman–Crippen MR) is 81.7 cm³/mol. The van der Waals surface area contributed by atoms with E-state index in [1.54, 1.807) is 12.1 Å². The highest BCUT2D eigenvalue weighted by molar-refractivity contribution is 9.11. The van der Waals surface area contributed by atoms with E-state index in [2.05, 4.69) is 36.6 Å². The molecule has 1 N–H and O–H groups in total. The van der Waals surface area contributed by atoms with Crippen molar-refractivity contribution in [2.75, 3.05) is 12.4 Å². The smallest absolute Gasteiger partial charge is 0.211 e. The average Bonchev–Trinajstić information content (AvgIpc) is 2.30. The molecule has 0 heterocycles. The van der Waals surface area contributed by atoms with E-state index in [0.717, 1.165) is 10.0 Å². The first kappa shape index (κ1) is 16.4.